The van der Waals surface area contributed by atoms with Gasteiger partial charge in [-0.3, -0.25) is 4.79 Å². The van der Waals surface area contributed by atoms with Crippen molar-refractivity contribution in [3.8, 4) is 5.75 Å². The Morgan fingerprint density at radius 3 is 3.06 bits per heavy atom. The summed E-state index contributed by atoms with van der Waals surface area (Å²) in [4.78, 5) is 12.3. The van der Waals surface area contributed by atoms with Crippen molar-refractivity contribution in [2.24, 2.45) is 11.7 Å². The molecule has 0 radical (unpaired) electrons. The number of hydrogen-bond acceptors (Lipinski definition) is 3. The van der Waals surface area contributed by atoms with Gasteiger partial charge in [0.2, 0.25) is 0 Å². The summed E-state index contributed by atoms with van der Waals surface area (Å²) < 4.78 is 5.67. The van der Waals surface area contributed by atoms with Crippen molar-refractivity contribution < 1.29 is 9.53 Å². The largest absolute Gasteiger partial charge is 0.493 e. The molecule has 1 atom stereocenters. The monoisotopic (exact) mass is 245 g/mol. The lowest BCUT2D eigenvalue weighted by atomic mass is 9.96. The van der Waals surface area contributed by atoms with Gasteiger partial charge >= 0.3 is 0 Å². The van der Waals surface area contributed by atoms with E-state index < -0.39 is 0 Å². The lowest BCUT2D eigenvalue weighted by molar-refractivity contribution is 0.0966. The molecule has 1 saturated carbocycles. The van der Waals surface area contributed by atoms with Crippen LogP contribution in [0.15, 0.2) is 18.2 Å². The molecule has 0 amide bonds. The first-order chi connectivity index (χ1) is 8.75. The fourth-order valence-corrected chi connectivity index (χ4v) is 2.62. The zero-order valence-corrected chi connectivity index (χ0v) is 10.5. The molecular formula is C15H19NO2. The second-order valence-corrected chi connectivity index (χ2v) is 5.37. The molecule has 1 heterocycles. The zero-order valence-electron chi connectivity index (χ0n) is 10.5. The number of aryl methyl sites for hydroxylation is 1. The van der Waals surface area contributed by atoms with Crippen molar-refractivity contribution in [1.29, 1.82) is 0 Å². The number of ketones is 1. The van der Waals surface area contributed by atoms with Crippen molar-refractivity contribution in [1.82, 2.24) is 0 Å². The third kappa shape index (κ3) is 2.27. The highest BCUT2D eigenvalue weighted by Crippen LogP contribution is 2.35. The minimum atomic E-state index is 0.0250. The Kier molecular flexibility index (Phi) is 3.08. The minimum Gasteiger partial charge on any atom is -0.493 e. The Balaban J connectivity index is 1.80. The molecule has 0 bridgehead atoms. The van der Waals surface area contributed by atoms with Crippen LogP contribution in [0.2, 0.25) is 0 Å². The van der Waals surface area contributed by atoms with Crippen LogP contribution in [0.1, 0.15) is 41.6 Å². The standard InChI is InChI=1S/C15H19NO2/c16-13(10-6-7-10)9-14(17)12-5-1-3-11-4-2-8-18-15(11)12/h1,3,5,10,13H,2,4,6-9,16H2. The molecule has 0 saturated heterocycles. The third-order valence-electron chi connectivity index (χ3n) is 3.88. The molecule has 0 spiro atoms. The van der Waals surface area contributed by atoms with Crippen LogP contribution in [0.4, 0.5) is 0 Å². The predicted octanol–water partition coefficient (Wildman–Crippen LogP) is 2.32. The maximum atomic E-state index is 12.3. The Bertz CT molecular complexity index is 466. The second kappa shape index (κ2) is 4.73. The highest BCUT2D eigenvalue weighted by Gasteiger charge is 2.31. The summed E-state index contributed by atoms with van der Waals surface area (Å²) in [5.74, 6) is 1.50. The fraction of sp³-hybridized carbons (Fsp3) is 0.533. The summed E-state index contributed by atoms with van der Waals surface area (Å²) in [5, 5.41) is 0. The summed E-state index contributed by atoms with van der Waals surface area (Å²) >= 11 is 0. The van der Waals surface area contributed by atoms with Crippen LogP contribution in [-0.2, 0) is 6.42 Å². The van der Waals surface area contributed by atoms with Crippen molar-refractivity contribution in [3.05, 3.63) is 29.3 Å². The maximum absolute atomic E-state index is 12.3. The van der Waals surface area contributed by atoms with E-state index in [1.54, 1.807) is 0 Å². The molecular weight excluding hydrogens is 226 g/mol. The smallest absolute Gasteiger partial charge is 0.168 e. The van der Waals surface area contributed by atoms with Gasteiger partial charge in [-0.25, -0.2) is 0 Å². The first-order valence-corrected chi connectivity index (χ1v) is 6.79. The molecule has 1 aromatic rings. The number of carbonyl (C=O) groups excluding carboxylic acids is 1. The Labute approximate surface area is 107 Å². The van der Waals surface area contributed by atoms with Gasteiger partial charge in [-0.2, -0.15) is 0 Å². The minimum absolute atomic E-state index is 0.0250. The van der Waals surface area contributed by atoms with E-state index in [4.69, 9.17) is 10.5 Å². The predicted molar refractivity (Wildman–Crippen MR) is 69.9 cm³/mol. The Morgan fingerprint density at radius 2 is 2.28 bits per heavy atom. The molecule has 1 aliphatic carbocycles. The van der Waals surface area contributed by atoms with Gasteiger partial charge in [-0.15, -0.1) is 0 Å². The molecule has 2 N–H and O–H groups in total. The van der Waals surface area contributed by atoms with E-state index in [1.165, 1.54) is 12.8 Å². The number of carbonyl (C=O) groups is 1. The van der Waals surface area contributed by atoms with E-state index >= 15 is 0 Å². The van der Waals surface area contributed by atoms with Crippen molar-refractivity contribution in [3.63, 3.8) is 0 Å². The molecule has 96 valence electrons. The van der Waals surface area contributed by atoms with Gasteiger partial charge in [-0.1, -0.05) is 12.1 Å². The van der Waals surface area contributed by atoms with Gasteiger partial charge in [0.25, 0.3) is 0 Å². The Morgan fingerprint density at radius 1 is 1.44 bits per heavy atom. The van der Waals surface area contributed by atoms with E-state index in [1.807, 2.05) is 18.2 Å². The molecule has 1 unspecified atom stereocenters. The second-order valence-electron chi connectivity index (χ2n) is 5.37. The van der Waals surface area contributed by atoms with E-state index in [0.717, 1.165) is 29.7 Å². The first-order valence-electron chi connectivity index (χ1n) is 6.79. The highest BCUT2D eigenvalue weighted by molar-refractivity contribution is 5.99. The fourth-order valence-electron chi connectivity index (χ4n) is 2.62. The Hall–Kier alpha value is -1.35. The van der Waals surface area contributed by atoms with E-state index in [-0.39, 0.29) is 11.8 Å². The van der Waals surface area contributed by atoms with Crippen molar-refractivity contribution >= 4 is 5.78 Å². The van der Waals surface area contributed by atoms with E-state index in [2.05, 4.69) is 0 Å². The molecule has 1 fully saturated rings. The summed E-state index contributed by atoms with van der Waals surface area (Å²) in [5.41, 5.74) is 7.92. The summed E-state index contributed by atoms with van der Waals surface area (Å²) in [6.07, 6.45) is 4.84. The number of hydrogen-bond donors (Lipinski definition) is 1. The van der Waals surface area contributed by atoms with Crippen LogP contribution in [-0.4, -0.2) is 18.4 Å². The average Bonchev–Trinajstić information content (AvgIpc) is 3.22. The van der Waals surface area contributed by atoms with Crippen LogP contribution >= 0.6 is 0 Å². The molecule has 1 aliphatic heterocycles. The van der Waals surface area contributed by atoms with Gasteiger partial charge < -0.3 is 10.5 Å². The molecule has 18 heavy (non-hydrogen) atoms. The van der Waals surface area contributed by atoms with Crippen LogP contribution in [0.25, 0.3) is 0 Å². The summed E-state index contributed by atoms with van der Waals surface area (Å²) in [6, 6.07) is 5.89. The average molecular weight is 245 g/mol. The number of fused-ring (bicyclic) bond motifs is 1. The van der Waals surface area contributed by atoms with Crippen LogP contribution < -0.4 is 10.5 Å². The number of para-hydroxylation sites is 1. The normalized spacial score (nSPS) is 19.8. The molecule has 3 nitrogen and oxygen atoms in total. The molecule has 0 aromatic heterocycles. The van der Waals surface area contributed by atoms with Crippen LogP contribution in [0.5, 0.6) is 5.75 Å². The van der Waals surface area contributed by atoms with E-state index in [9.17, 15) is 4.79 Å². The summed E-state index contributed by atoms with van der Waals surface area (Å²) in [6.45, 7) is 0.714. The van der Waals surface area contributed by atoms with Crippen molar-refractivity contribution in [2.45, 2.75) is 38.1 Å². The van der Waals surface area contributed by atoms with Crippen LogP contribution in [0.3, 0.4) is 0 Å². The van der Waals surface area contributed by atoms with Gasteiger partial charge in [0, 0.05) is 12.5 Å². The number of rotatable bonds is 4. The quantitative estimate of drug-likeness (QED) is 0.828. The van der Waals surface area contributed by atoms with Gasteiger partial charge in [0.15, 0.2) is 5.78 Å². The maximum Gasteiger partial charge on any atom is 0.168 e. The molecule has 3 heteroatoms. The molecule has 1 aromatic carbocycles. The van der Waals surface area contributed by atoms with Gasteiger partial charge in [0.05, 0.1) is 12.2 Å². The number of Topliss-reactive ketones (excluding diaryl/α,β-unsaturated/α-hetero) is 1. The molecule has 2 aliphatic rings. The lowest BCUT2D eigenvalue weighted by Crippen LogP contribution is -2.26. The highest BCUT2D eigenvalue weighted by atomic mass is 16.5. The number of ether oxygens (including phenoxy) is 1. The molecule has 3 rings (SSSR count). The van der Waals surface area contributed by atoms with Crippen LogP contribution in [0, 0.1) is 5.92 Å². The van der Waals surface area contributed by atoms with E-state index in [0.29, 0.717) is 18.9 Å². The number of benzene rings is 1. The SMILES string of the molecule is NC(CC(=O)c1cccc2c1OCCC2)C1CC1. The zero-order chi connectivity index (χ0) is 12.5. The first kappa shape index (κ1) is 11.7. The lowest BCUT2D eigenvalue weighted by Gasteiger charge is -2.20. The number of nitrogens with two attached hydrogens (primary N) is 1. The third-order valence-corrected chi connectivity index (χ3v) is 3.88. The van der Waals surface area contributed by atoms with Crippen molar-refractivity contribution in [2.75, 3.05) is 6.61 Å². The topological polar surface area (TPSA) is 52.3 Å². The van der Waals surface area contributed by atoms with Gasteiger partial charge in [-0.05, 0) is 43.2 Å². The van der Waals surface area contributed by atoms with Gasteiger partial charge in [0.1, 0.15) is 5.75 Å². The summed E-state index contributed by atoms with van der Waals surface area (Å²) in [7, 11) is 0.